The molecular formula is C15H26O4. The minimum atomic E-state index is -1.09. The molecule has 0 amide bonds. The van der Waals surface area contributed by atoms with E-state index in [4.69, 9.17) is 0 Å². The first-order chi connectivity index (χ1) is 8.50. The summed E-state index contributed by atoms with van der Waals surface area (Å²) in [5, 5.41) is 31.0. The Morgan fingerprint density at radius 2 is 1.79 bits per heavy atom. The zero-order valence-corrected chi connectivity index (χ0v) is 12.3. The van der Waals surface area contributed by atoms with Crippen LogP contribution >= 0.6 is 0 Å². The minimum absolute atomic E-state index is 0.0926. The van der Waals surface area contributed by atoms with Crippen molar-refractivity contribution in [2.75, 3.05) is 0 Å². The molecule has 0 radical (unpaired) electrons. The van der Waals surface area contributed by atoms with Crippen LogP contribution in [0.25, 0.3) is 0 Å². The number of carbonyl (C=O) groups excluding carboxylic acids is 1. The molecule has 2 saturated carbocycles. The van der Waals surface area contributed by atoms with Gasteiger partial charge in [-0.05, 0) is 46.5 Å². The third-order valence-corrected chi connectivity index (χ3v) is 5.42. The van der Waals surface area contributed by atoms with E-state index >= 15 is 0 Å². The normalized spacial score (nSPS) is 47.9. The molecule has 5 atom stereocenters. The van der Waals surface area contributed by atoms with Crippen molar-refractivity contribution >= 4 is 5.78 Å². The van der Waals surface area contributed by atoms with Gasteiger partial charge in [-0.15, -0.1) is 0 Å². The molecule has 3 N–H and O–H groups in total. The number of Topliss-reactive ketones (excluding diaryl/α,β-unsaturated/α-hetero) is 1. The van der Waals surface area contributed by atoms with Crippen molar-refractivity contribution in [3.05, 3.63) is 0 Å². The number of aliphatic hydroxyl groups excluding tert-OH is 1. The quantitative estimate of drug-likeness (QED) is 0.670. The fourth-order valence-corrected chi connectivity index (χ4v) is 4.25. The fraction of sp³-hybridized carbons (Fsp3) is 0.933. The average molecular weight is 270 g/mol. The van der Waals surface area contributed by atoms with Crippen molar-refractivity contribution < 1.29 is 20.1 Å². The van der Waals surface area contributed by atoms with Crippen molar-refractivity contribution in [3.63, 3.8) is 0 Å². The standard InChI is InChI=1S/C15H26O4/c1-13(2,18)9-5-7-14(3)10(16)6-8-15(4,19)12(14)11(9)17/h9-10,12,16,18-19H,5-8H2,1-4H3/t9-,10-,12-,14+,15+/m1/s1. The first-order valence-corrected chi connectivity index (χ1v) is 7.17. The van der Waals surface area contributed by atoms with Gasteiger partial charge in [0, 0.05) is 11.3 Å². The summed E-state index contributed by atoms with van der Waals surface area (Å²) in [6.07, 6.45) is 1.64. The second-order valence-corrected chi connectivity index (χ2v) is 7.50. The summed E-state index contributed by atoms with van der Waals surface area (Å²) in [5.41, 5.74) is -2.73. The minimum Gasteiger partial charge on any atom is -0.393 e. The van der Waals surface area contributed by atoms with Gasteiger partial charge >= 0.3 is 0 Å². The number of ketones is 1. The van der Waals surface area contributed by atoms with E-state index in [0.29, 0.717) is 25.7 Å². The molecule has 0 saturated heterocycles. The van der Waals surface area contributed by atoms with Crippen LogP contribution in [0.5, 0.6) is 0 Å². The van der Waals surface area contributed by atoms with Crippen LogP contribution < -0.4 is 0 Å². The number of aliphatic hydroxyl groups is 3. The summed E-state index contributed by atoms with van der Waals surface area (Å²) in [5.74, 6) is -1.14. The maximum Gasteiger partial charge on any atom is 0.145 e. The maximum atomic E-state index is 12.7. The van der Waals surface area contributed by atoms with Crippen LogP contribution in [0.3, 0.4) is 0 Å². The van der Waals surface area contributed by atoms with Gasteiger partial charge in [0.15, 0.2) is 0 Å². The molecule has 4 nitrogen and oxygen atoms in total. The summed E-state index contributed by atoms with van der Waals surface area (Å²) < 4.78 is 0. The van der Waals surface area contributed by atoms with Crippen molar-refractivity contribution in [1.82, 2.24) is 0 Å². The predicted octanol–water partition coefficient (Wildman–Crippen LogP) is 1.26. The van der Waals surface area contributed by atoms with Gasteiger partial charge in [-0.1, -0.05) is 6.92 Å². The highest BCUT2D eigenvalue weighted by Gasteiger charge is 2.60. The van der Waals surface area contributed by atoms with E-state index in [1.165, 1.54) is 0 Å². The van der Waals surface area contributed by atoms with Crippen molar-refractivity contribution in [3.8, 4) is 0 Å². The van der Waals surface area contributed by atoms with Crippen LogP contribution in [0, 0.1) is 17.3 Å². The molecule has 110 valence electrons. The molecule has 0 unspecified atom stereocenters. The van der Waals surface area contributed by atoms with Gasteiger partial charge in [-0.2, -0.15) is 0 Å². The molecule has 0 aliphatic heterocycles. The second-order valence-electron chi connectivity index (χ2n) is 7.50. The highest BCUT2D eigenvalue weighted by molar-refractivity contribution is 5.87. The van der Waals surface area contributed by atoms with E-state index in [9.17, 15) is 20.1 Å². The first-order valence-electron chi connectivity index (χ1n) is 7.17. The molecule has 0 aromatic carbocycles. The van der Waals surface area contributed by atoms with Gasteiger partial charge in [0.05, 0.1) is 23.2 Å². The van der Waals surface area contributed by atoms with Gasteiger partial charge in [-0.3, -0.25) is 4.79 Å². The van der Waals surface area contributed by atoms with E-state index in [2.05, 4.69) is 0 Å². The topological polar surface area (TPSA) is 77.8 Å². The molecule has 19 heavy (non-hydrogen) atoms. The van der Waals surface area contributed by atoms with E-state index in [1.807, 2.05) is 6.92 Å². The Morgan fingerprint density at radius 1 is 1.21 bits per heavy atom. The largest absolute Gasteiger partial charge is 0.393 e. The number of rotatable bonds is 1. The van der Waals surface area contributed by atoms with Gasteiger partial charge in [0.1, 0.15) is 5.78 Å². The first kappa shape index (κ1) is 14.9. The van der Waals surface area contributed by atoms with Crippen LogP contribution in [-0.2, 0) is 4.79 Å². The van der Waals surface area contributed by atoms with E-state index in [0.717, 1.165) is 0 Å². The molecule has 2 fully saturated rings. The molecule has 4 heteroatoms. The lowest BCUT2D eigenvalue weighted by atomic mass is 9.50. The van der Waals surface area contributed by atoms with Crippen molar-refractivity contribution in [2.24, 2.45) is 17.3 Å². The molecular weight excluding hydrogens is 244 g/mol. The zero-order valence-electron chi connectivity index (χ0n) is 12.3. The van der Waals surface area contributed by atoms with Crippen LogP contribution in [0.1, 0.15) is 53.4 Å². The van der Waals surface area contributed by atoms with E-state index < -0.39 is 34.6 Å². The summed E-state index contributed by atoms with van der Waals surface area (Å²) in [6, 6.07) is 0. The third-order valence-electron chi connectivity index (χ3n) is 5.42. The average Bonchev–Trinajstić information content (AvgIpc) is 2.22. The lowest BCUT2D eigenvalue weighted by molar-refractivity contribution is -0.190. The summed E-state index contributed by atoms with van der Waals surface area (Å²) in [7, 11) is 0. The molecule has 0 heterocycles. The molecule has 0 bridgehead atoms. The Labute approximate surface area is 114 Å². The molecule has 2 rings (SSSR count). The highest BCUT2D eigenvalue weighted by Crippen LogP contribution is 2.55. The van der Waals surface area contributed by atoms with Crippen LogP contribution in [0.4, 0.5) is 0 Å². The molecule has 0 aromatic rings. The van der Waals surface area contributed by atoms with Crippen LogP contribution in [-0.4, -0.2) is 38.4 Å². The van der Waals surface area contributed by atoms with E-state index in [-0.39, 0.29) is 5.78 Å². The summed E-state index contributed by atoms with van der Waals surface area (Å²) in [4.78, 5) is 12.7. The SMILES string of the molecule is CC(C)(O)[C@@H]1CC[C@@]2(C)[C@H](O)CC[C@](C)(O)[C@@H]2C1=O. The molecule has 0 aromatic heterocycles. The second kappa shape index (κ2) is 4.27. The Hall–Kier alpha value is -0.450. The Balaban J connectivity index is 2.40. The van der Waals surface area contributed by atoms with E-state index in [1.54, 1.807) is 20.8 Å². The zero-order chi connectivity index (χ0) is 14.6. The lowest BCUT2D eigenvalue weighted by Gasteiger charge is -2.56. The number of hydrogen-bond donors (Lipinski definition) is 3. The maximum absolute atomic E-state index is 12.7. The summed E-state index contributed by atoms with van der Waals surface area (Å²) >= 11 is 0. The fourth-order valence-electron chi connectivity index (χ4n) is 4.25. The monoisotopic (exact) mass is 270 g/mol. The summed E-state index contributed by atoms with van der Waals surface area (Å²) in [6.45, 7) is 6.87. The Morgan fingerprint density at radius 3 is 2.32 bits per heavy atom. The third kappa shape index (κ3) is 2.24. The van der Waals surface area contributed by atoms with Gasteiger partial charge in [0.2, 0.25) is 0 Å². The van der Waals surface area contributed by atoms with Gasteiger partial charge in [0.25, 0.3) is 0 Å². The number of carbonyl (C=O) groups is 1. The molecule has 2 aliphatic carbocycles. The molecule has 2 aliphatic rings. The predicted molar refractivity (Wildman–Crippen MR) is 71.5 cm³/mol. The molecule has 0 spiro atoms. The van der Waals surface area contributed by atoms with Crippen molar-refractivity contribution in [1.29, 1.82) is 0 Å². The lowest BCUT2D eigenvalue weighted by Crippen LogP contribution is -2.63. The van der Waals surface area contributed by atoms with Crippen LogP contribution in [0.15, 0.2) is 0 Å². The number of hydrogen-bond acceptors (Lipinski definition) is 4. The smallest absolute Gasteiger partial charge is 0.145 e. The highest BCUT2D eigenvalue weighted by atomic mass is 16.3. The van der Waals surface area contributed by atoms with Crippen molar-refractivity contribution in [2.45, 2.75) is 70.7 Å². The number of fused-ring (bicyclic) bond motifs is 1. The van der Waals surface area contributed by atoms with Gasteiger partial charge in [-0.25, -0.2) is 0 Å². The van der Waals surface area contributed by atoms with Gasteiger partial charge < -0.3 is 15.3 Å². The van der Waals surface area contributed by atoms with Crippen LogP contribution in [0.2, 0.25) is 0 Å². The Kier molecular flexibility index (Phi) is 3.36. The Bertz CT molecular complexity index is 382.